The number of piperidine rings is 1. The Morgan fingerprint density at radius 2 is 2.00 bits per heavy atom. The number of guanidine groups is 1. The number of aliphatic imine (C=N–C) groups is 1. The van der Waals surface area contributed by atoms with E-state index in [0.717, 1.165) is 29.4 Å². The highest BCUT2D eigenvalue weighted by molar-refractivity contribution is 6.31. The van der Waals surface area contributed by atoms with Gasteiger partial charge in [0.25, 0.3) is 0 Å². The van der Waals surface area contributed by atoms with E-state index in [4.69, 9.17) is 17.3 Å². The number of nitrogens with zero attached hydrogens (tertiary/aromatic N) is 2. The Kier molecular flexibility index (Phi) is 3.89. The lowest BCUT2D eigenvalue weighted by molar-refractivity contribution is 0.339. The van der Waals surface area contributed by atoms with E-state index < -0.39 is 0 Å². The van der Waals surface area contributed by atoms with Crippen molar-refractivity contribution >= 4 is 23.2 Å². The maximum absolute atomic E-state index is 6.06. The minimum Gasteiger partial charge on any atom is -0.369 e. The molecule has 2 N–H and O–H groups in total. The summed E-state index contributed by atoms with van der Waals surface area (Å²) in [7, 11) is 0. The van der Waals surface area contributed by atoms with Crippen molar-refractivity contribution in [3.63, 3.8) is 0 Å². The van der Waals surface area contributed by atoms with Crippen LogP contribution in [0.2, 0.25) is 5.02 Å². The third kappa shape index (κ3) is 3.13. The van der Waals surface area contributed by atoms with Crippen molar-refractivity contribution in [2.24, 2.45) is 10.7 Å². The van der Waals surface area contributed by atoms with Gasteiger partial charge in [0.05, 0.1) is 5.69 Å². The van der Waals surface area contributed by atoms with Crippen molar-refractivity contribution in [2.45, 2.75) is 26.2 Å². The topological polar surface area (TPSA) is 41.6 Å². The van der Waals surface area contributed by atoms with Crippen LogP contribution in [0.15, 0.2) is 23.2 Å². The SMILES string of the molecule is Cc1ccc(N=C(N)N2CCCCC2)cc1Cl. The molecule has 0 bridgehead atoms. The molecule has 0 aliphatic carbocycles. The van der Waals surface area contributed by atoms with E-state index >= 15 is 0 Å². The number of aryl methyl sites for hydroxylation is 1. The molecule has 4 heteroatoms. The van der Waals surface area contributed by atoms with Gasteiger partial charge in [0.2, 0.25) is 0 Å². The van der Waals surface area contributed by atoms with Gasteiger partial charge < -0.3 is 10.6 Å². The molecule has 1 aromatic rings. The zero-order valence-electron chi connectivity index (χ0n) is 10.1. The molecule has 0 aromatic heterocycles. The van der Waals surface area contributed by atoms with Gasteiger partial charge in [0.15, 0.2) is 5.96 Å². The first-order valence-electron chi connectivity index (χ1n) is 6.02. The Morgan fingerprint density at radius 3 is 2.65 bits per heavy atom. The van der Waals surface area contributed by atoms with Crippen LogP contribution in [0.4, 0.5) is 5.69 Å². The molecule has 0 atom stereocenters. The minimum atomic E-state index is 0.601. The molecule has 3 nitrogen and oxygen atoms in total. The van der Waals surface area contributed by atoms with Crippen molar-refractivity contribution in [1.82, 2.24) is 4.90 Å². The number of rotatable bonds is 1. The van der Waals surface area contributed by atoms with Gasteiger partial charge in [-0.25, -0.2) is 4.99 Å². The monoisotopic (exact) mass is 251 g/mol. The summed E-state index contributed by atoms with van der Waals surface area (Å²) >= 11 is 6.06. The average Bonchev–Trinajstić information content (AvgIpc) is 2.35. The van der Waals surface area contributed by atoms with Crippen LogP contribution in [0.3, 0.4) is 0 Å². The molecule has 92 valence electrons. The average molecular weight is 252 g/mol. The molecule has 17 heavy (non-hydrogen) atoms. The van der Waals surface area contributed by atoms with Crippen LogP contribution in [0.1, 0.15) is 24.8 Å². The first-order chi connectivity index (χ1) is 8.16. The Hall–Kier alpha value is -1.22. The first-order valence-corrected chi connectivity index (χ1v) is 6.40. The first kappa shape index (κ1) is 12.2. The molecule has 1 heterocycles. The van der Waals surface area contributed by atoms with Gasteiger partial charge in [-0.05, 0) is 43.9 Å². The van der Waals surface area contributed by atoms with E-state index in [1.165, 1.54) is 19.3 Å². The summed E-state index contributed by atoms with van der Waals surface area (Å²) in [5.74, 6) is 0.601. The fourth-order valence-corrected chi connectivity index (χ4v) is 2.15. The molecule has 1 aliphatic heterocycles. The van der Waals surface area contributed by atoms with E-state index in [1.54, 1.807) is 0 Å². The van der Waals surface area contributed by atoms with Gasteiger partial charge >= 0.3 is 0 Å². The maximum atomic E-state index is 6.06. The molecule has 0 unspecified atom stereocenters. The molecule has 0 spiro atoms. The van der Waals surface area contributed by atoms with Crippen molar-refractivity contribution in [3.8, 4) is 0 Å². The van der Waals surface area contributed by atoms with Crippen LogP contribution < -0.4 is 5.73 Å². The zero-order valence-corrected chi connectivity index (χ0v) is 10.9. The molecule has 0 amide bonds. The predicted octanol–water partition coefficient (Wildman–Crippen LogP) is 3.08. The molecule has 0 radical (unpaired) electrons. The lowest BCUT2D eigenvalue weighted by Crippen LogP contribution is -2.40. The summed E-state index contributed by atoms with van der Waals surface area (Å²) in [5, 5.41) is 0.734. The van der Waals surface area contributed by atoms with Crippen molar-refractivity contribution in [2.75, 3.05) is 13.1 Å². The lowest BCUT2D eigenvalue weighted by atomic mass is 10.1. The summed E-state index contributed by atoms with van der Waals surface area (Å²) in [6.07, 6.45) is 3.69. The predicted molar refractivity (Wildman–Crippen MR) is 72.9 cm³/mol. The van der Waals surface area contributed by atoms with Gasteiger partial charge in [0, 0.05) is 18.1 Å². The molecular formula is C13H18ClN3. The second-order valence-corrected chi connectivity index (χ2v) is 4.86. The van der Waals surface area contributed by atoms with Gasteiger partial charge in [-0.3, -0.25) is 0 Å². The van der Waals surface area contributed by atoms with E-state index in [9.17, 15) is 0 Å². The number of hydrogen-bond acceptors (Lipinski definition) is 1. The van der Waals surface area contributed by atoms with Gasteiger partial charge in [0.1, 0.15) is 0 Å². The van der Waals surface area contributed by atoms with Gasteiger partial charge in [-0.2, -0.15) is 0 Å². The number of hydrogen-bond donors (Lipinski definition) is 1. The zero-order chi connectivity index (χ0) is 12.3. The Bertz CT molecular complexity index is 423. The normalized spacial score (nSPS) is 17.3. The molecule has 1 aromatic carbocycles. The van der Waals surface area contributed by atoms with E-state index in [-0.39, 0.29) is 0 Å². The molecule has 1 fully saturated rings. The van der Waals surface area contributed by atoms with Gasteiger partial charge in [-0.1, -0.05) is 17.7 Å². The summed E-state index contributed by atoms with van der Waals surface area (Å²) in [6.45, 7) is 3.99. The summed E-state index contributed by atoms with van der Waals surface area (Å²) in [4.78, 5) is 6.56. The lowest BCUT2D eigenvalue weighted by Gasteiger charge is -2.27. The van der Waals surface area contributed by atoms with E-state index in [1.807, 2.05) is 25.1 Å². The van der Waals surface area contributed by atoms with Crippen molar-refractivity contribution < 1.29 is 0 Å². The molecular weight excluding hydrogens is 234 g/mol. The fraction of sp³-hybridized carbons (Fsp3) is 0.462. The second kappa shape index (κ2) is 5.41. The van der Waals surface area contributed by atoms with Crippen LogP contribution in [-0.4, -0.2) is 23.9 Å². The Labute approximate surface area is 107 Å². The van der Waals surface area contributed by atoms with Gasteiger partial charge in [-0.15, -0.1) is 0 Å². The third-order valence-corrected chi connectivity index (χ3v) is 3.49. The highest BCUT2D eigenvalue weighted by Crippen LogP contribution is 2.22. The Morgan fingerprint density at radius 1 is 1.29 bits per heavy atom. The van der Waals surface area contributed by atoms with Crippen LogP contribution in [0.5, 0.6) is 0 Å². The van der Waals surface area contributed by atoms with E-state index in [2.05, 4.69) is 9.89 Å². The molecule has 1 aliphatic rings. The Balaban J connectivity index is 2.13. The summed E-state index contributed by atoms with van der Waals surface area (Å²) in [5.41, 5.74) is 7.88. The molecule has 2 rings (SSSR count). The number of benzene rings is 1. The van der Waals surface area contributed by atoms with Crippen LogP contribution in [-0.2, 0) is 0 Å². The smallest absolute Gasteiger partial charge is 0.196 e. The largest absolute Gasteiger partial charge is 0.369 e. The van der Waals surface area contributed by atoms with Crippen LogP contribution in [0.25, 0.3) is 0 Å². The number of halogens is 1. The van der Waals surface area contributed by atoms with Crippen molar-refractivity contribution in [3.05, 3.63) is 28.8 Å². The summed E-state index contributed by atoms with van der Waals surface area (Å²) < 4.78 is 0. The summed E-state index contributed by atoms with van der Waals surface area (Å²) in [6, 6.07) is 5.76. The second-order valence-electron chi connectivity index (χ2n) is 4.45. The highest BCUT2D eigenvalue weighted by atomic mass is 35.5. The highest BCUT2D eigenvalue weighted by Gasteiger charge is 2.11. The van der Waals surface area contributed by atoms with E-state index in [0.29, 0.717) is 5.96 Å². The molecule has 1 saturated heterocycles. The number of likely N-dealkylation sites (tertiary alicyclic amines) is 1. The molecule has 0 saturated carbocycles. The van der Waals surface area contributed by atoms with Crippen molar-refractivity contribution in [1.29, 1.82) is 0 Å². The minimum absolute atomic E-state index is 0.601. The standard InChI is InChI=1S/C13H18ClN3/c1-10-5-6-11(9-12(10)14)16-13(15)17-7-3-2-4-8-17/h5-6,9H,2-4,7-8H2,1H3,(H2,15,16). The van der Waals surface area contributed by atoms with Crippen LogP contribution in [0, 0.1) is 6.92 Å². The quantitative estimate of drug-likeness (QED) is 0.616. The fourth-order valence-electron chi connectivity index (χ4n) is 1.98. The number of nitrogens with two attached hydrogens (primary N) is 1. The third-order valence-electron chi connectivity index (χ3n) is 3.08. The van der Waals surface area contributed by atoms with Crippen LogP contribution >= 0.6 is 11.6 Å². The maximum Gasteiger partial charge on any atom is 0.196 e.